The van der Waals surface area contributed by atoms with Gasteiger partial charge < -0.3 is 19.9 Å². The molecule has 0 bridgehead atoms. The number of likely N-dealkylation sites (tertiary alicyclic amines) is 1. The average molecular weight is 365 g/mol. The molecule has 0 radical (unpaired) electrons. The molecule has 2 aromatic rings. The van der Waals surface area contributed by atoms with E-state index < -0.39 is 0 Å². The van der Waals surface area contributed by atoms with Crippen molar-refractivity contribution in [2.24, 2.45) is 5.92 Å². The van der Waals surface area contributed by atoms with Crippen LogP contribution in [0.3, 0.4) is 0 Å². The fourth-order valence-electron chi connectivity index (χ4n) is 3.58. The van der Waals surface area contributed by atoms with Crippen molar-refractivity contribution in [1.82, 2.24) is 4.90 Å². The lowest BCUT2D eigenvalue weighted by Crippen LogP contribution is -2.29. The number of carbonyl (C=O) groups is 2. The van der Waals surface area contributed by atoms with E-state index in [-0.39, 0.29) is 24.2 Å². The van der Waals surface area contributed by atoms with Gasteiger partial charge in [-0.2, -0.15) is 0 Å². The predicted molar refractivity (Wildman–Crippen MR) is 104 cm³/mol. The molecule has 1 atom stereocenters. The molecule has 0 aromatic heterocycles. The zero-order valence-corrected chi connectivity index (χ0v) is 15.4. The molecular weight excluding hydrogens is 342 g/mol. The summed E-state index contributed by atoms with van der Waals surface area (Å²) in [4.78, 5) is 28.8. The van der Waals surface area contributed by atoms with Crippen molar-refractivity contribution in [3.63, 3.8) is 0 Å². The second-order valence-corrected chi connectivity index (χ2v) is 7.10. The maximum absolute atomic E-state index is 12.6. The molecule has 0 spiro atoms. The third kappa shape index (κ3) is 3.74. The highest BCUT2D eigenvalue weighted by Gasteiger charge is 2.34. The van der Waals surface area contributed by atoms with Crippen LogP contribution in [-0.2, 0) is 16.1 Å². The summed E-state index contributed by atoms with van der Waals surface area (Å²) in [7, 11) is 2.02. The van der Waals surface area contributed by atoms with Gasteiger partial charge in [0, 0.05) is 38.3 Å². The quantitative estimate of drug-likeness (QED) is 0.904. The van der Waals surface area contributed by atoms with Gasteiger partial charge in [-0.15, -0.1) is 0 Å². The molecule has 1 fully saturated rings. The van der Waals surface area contributed by atoms with Gasteiger partial charge in [0.25, 0.3) is 0 Å². The smallest absolute Gasteiger partial charge is 0.229 e. The monoisotopic (exact) mass is 365 g/mol. The van der Waals surface area contributed by atoms with Crippen LogP contribution in [0.5, 0.6) is 5.75 Å². The van der Waals surface area contributed by atoms with Crippen LogP contribution in [0, 0.1) is 5.92 Å². The molecule has 2 heterocycles. The summed E-state index contributed by atoms with van der Waals surface area (Å²) in [6.45, 7) is 2.47. The van der Waals surface area contributed by atoms with Crippen LogP contribution in [0.1, 0.15) is 12.0 Å². The predicted octanol–water partition coefficient (Wildman–Crippen LogP) is 2.50. The number of nitrogens with zero attached hydrogens (tertiary/aromatic N) is 2. The van der Waals surface area contributed by atoms with Crippen LogP contribution < -0.4 is 15.0 Å². The third-order valence-corrected chi connectivity index (χ3v) is 5.12. The van der Waals surface area contributed by atoms with Crippen molar-refractivity contribution < 1.29 is 14.3 Å². The zero-order chi connectivity index (χ0) is 18.8. The Kier molecular flexibility index (Phi) is 4.71. The Morgan fingerprint density at radius 3 is 2.85 bits per heavy atom. The third-order valence-electron chi connectivity index (χ3n) is 5.12. The number of rotatable bonds is 4. The first-order valence-electron chi connectivity index (χ1n) is 9.21. The maximum atomic E-state index is 12.6. The summed E-state index contributed by atoms with van der Waals surface area (Å²) in [5, 5.41) is 2.94. The lowest BCUT2D eigenvalue weighted by Gasteiger charge is -2.28. The van der Waals surface area contributed by atoms with Crippen molar-refractivity contribution in [3.8, 4) is 5.75 Å². The Labute approximate surface area is 158 Å². The Bertz CT molecular complexity index is 853. The molecular formula is C21H23N3O3. The van der Waals surface area contributed by atoms with Crippen molar-refractivity contribution in [3.05, 3.63) is 54.1 Å². The number of carbonyl (C=O) groups excluding carboxylic acids is 2. The maximum Gasteiger partial charge on any atom is 0.229 e. The summed E-state index contributed by atoms with van der Waals surface area (Å²) < 4.78 is 5.69. The Morgan fingerprint density at radius 2 is 2.04 bits per heavy atom. The number of hydrogen-bond donors (Lipinski definition) is 1. The van der Waals surface area contributed by atoms with Crippen LogP contribution in [0.25, 0.3) is 0 Å². The lowest BCUT2D eigenvalue weighted by atomic mass is 10.1. The van der Waals surface area contributed by atoms with Crippen LogP contribution in [-0.4, -0.2) is 43.5 Å². The molecule has 1 saturated heterocycles. The van der Waals surface area contributed by atoms with Crippen LogP contribution in [0.15, 0.2) is 48.5 Å². The first-order valence-corrected chi connectivity index (χ1v) is 9.21. The van der Waals surface area contributed by atoms with Crippen LogP contribution >= 0.6 is 0 Å². The SMILES string of the molecule is CN1CCOc2cc(NC(=O)[C@H]3CC(=O)N(Cc4ccccc4)C3)ccc21. The molecule has 27 heavy (non-hydrogen) atoms. The molecule has 6 nitrogen and oxygen atoms in total. The largest absolute Gasteiger partial charge is 0.489 e. The molecule has 0 aliphatic carbocycles. The molecule has 4 rings (SSSR count). The number of amides is 2. The van der Waals surface area contributed by atoms with Gasteiger partial charge in [-0.3, -0.25) is 9.59 Å². The zero-order valence-electron chi connectivity index (χ0n) is 15.4. The first kappa shape index (κ1) is 17.4. The van der Waals surface area contributed by atoms with Gasteiger partial charge in [-0.25, -0.2) is 0 Å². The number of nitrogens with one attached hydrogen (secondary N) is 1. The fourth-order valence-corrected chi connectivity index (χ4v) is 3.58. The molecule has 2 aliphatic heterocycles. The molecule has 2 aliphatic rings. The highest BCUT2D eigenvalue weighted by atomic mass is 16.5. The van der Waals surface area contributed by atoms with E-state index in [4.69, 9.17) is 4.74 Å². The number of anilines is 2. The summed E-state index contributed by atoms with van der Waals surface area (Å²) in [5.74, 6) is 0.341. The minimum Gasteiger partial charge on any atom is -0.489 e. The highest BCUT2D eigenvalue weighted by molar-refractivity contribution is 5.97. The minimum absolute atomic E-state index is 0.0226. The number of hydrogen-bond acceptors (Lipinski definition) is 4. The molecule has 6 heteroatoms. The second-order valence-electron chi connectivity index (χ2n) is 7.10. The number of fused-ring (bicyclic) bond motifs is 1. The van der Waals surface area contributed by atoms with Gasteiger partial charge in [0.1, 0.15) is 12.4 Å². The molecule has 2 amide bonds. The lowest BCUT2D eigenvalue weighted by molar-refractivity contribution is -0.128. The van der Waals surface area contributed by atoms with E-state index in [1.165, 1.54) is 0 Å². The molecule has 140 valence electrons. The summed E-state index contributed by atoms with van der Waals surface area (Å²) in [5.41, 5.74) is 2.79. The Hall–Kier alpha value is -3.02. The van der Waals surface area contributed by atoms with E-state index in [0.29, 0.717) is 25.4 Å². The van der Waals surface area contributed by atoms with E-state index >= 15 is 0 Å². The normalized spacial score (nSPS) is 18.9. The number of benzene rings is 2. The standard InChI is InChI=1S/C21H23N3O3/c1-23-9-10-27-19-12-17(7-8-18(19)23)22-21(26)16-11-20(25)24(14-16)13-15-5-3-2-4-6-15/h2-8,12,16H,9-11,13-14H2,1H3,(H,22,26)/t16-/m0/s1. The van der Waals surface area contributed by atoms with Gasteiger partial charge in [-0.05, 0) is 17.7 Å². The van der Waals surface area contributed by atoms with Gasteiger partial charge in [0.05, 0.1) is 18.2 Å². The second kappa shape index (κ2) is 7.31. The average Bonchev–Trinajstić information content (AvgIpc) is 3.03. The van der Waals surface area contributed by atoms with E-state index in [2.05, 4.69) is 10.2 Å². The van der Waals surface area contributed by atoms with Crippen molar-refractivity contribution >= 4 is 23.2 Å². The van der Waals surface area contributed by atoms with Gasteiger partial charge in [-0.1, -0.05) is 30.3 Å². The summed E-state index contributed by atoms with van der Waals surface area (Å²) >= 11 is 0. The van der Waals surface area contributed by atoms with E-state index in [0.717, 1.165) is 23.5 Å². The van der Waals surface area contributed by atoms with Gasteiger partial charge >= 0.3 is 0 Å². The highest BCUT2D eigenvalue weighted by Crippen LogP contribution is 2.33. The van der Waals surface area contributed by atoms with E-state index in [9.17, 15) is 9.59 Å². The first-order chi connectivity index (χ1) is 13.1. The number of ether oxygens (including phenoxy) is 1. The molecule has 1 N–H and O–H groups in total. The van der Waals surface area contributed by atoms with Crippen molar-refractivity contribution in [2.75, 3.05) is 37.0 Å². The molecule has 0 saturated carbocycles. The summed E-state index contributed by atoms with van der Waals surface area (Å²) in [6.07, 6.45) is 0.253. The molecule has 2 aromatic carbocycles. The molecule has 0 unspecified atom stereocenters. The van der Waals surface area contributed by atoms with E-state index in [1.807, 2.05) is 55.6 Å². The fraction of sp³-hybridized carbons (Fsp3) is 0.333. The van der Waals surface area contributed by atoms with E-state index in [1.54, 1.807) is 4.90 Å². The minimum atomic E-state index is -0.333. The number of likely N-dealkylation sites (N-methyl/N-ethyl adjacent to an activating group) is 1. The van der Waals surface area contributed by atoms with Crippen LogP contribution in [0.2, 0.25) is 0 Å². The summed E-state index contributed by atoms with van der Waals surface area (Å²) in [6, 6.07) is 15.5. The van der Waals surface area contributed by atoms with Crippen LogP contribution in [0.4, 0.5) is 11.4 Å². The Balaban J connectivity index is 1.40. The van der Waals surface area contributed by atoms with Crippen molar-refractivity contribution in [1.29, 1.82) is 0 Å². The topological polar surface area (TPSA) is 61.9 Å². The van der Waals surface area contributed by atoms with Gasteiger partial charge in [0.2, 0.25) is 11.8 Å². The van der Waals surface area contributed by atoms with Gasteiger partial charge in [0.15, 0.2) is 0 Å². The Morgan fingerprint density at radius 1 is 1.22 bits per heavy atom. The van der Waals surface area contributed by atoms with Crippen molar-refractivity contribution in [2.45, 2.75) is 13.0 Å².